The number of anilines is 3. The molecule has 1 heteroatoms. The minimum absolute atomic E-state index is 0.283. The maximum atomic E-state index is 4.65. The van der Waals surface area contributed by atoms with Crippen LogP contribution in [0.5, 0.6) is 0 Å². The summed E-state index contributed by atoms with van der Waals surface area (Å²) in [5, 5.41) is 0. The average molecular weight is 906 g/mol. The van der Waals surface area contributed by atoms with Crippen LogP contribution < -0.4 is 4.90 Å². The van der Waals surface area contributed by atoms with Gasteiger partial charge < -0.3 is 4.90 Å². The Labute approximate surface area is 417 Å². The molecule has 0 saturated heterocycles. The predicted octanol–water partition coefficient (Wildman–Crippen LogP) is 18.6. The summed E-state index contributed by atoms with van der Waals surface area (Å²) in [7, 11) is 0. The van der Waals surface area contributed by atoms with E-state index >= 15 is 0 Å². The van der Waals surface area contributed by atoms with Crippen LogP contribution in [0.3, 0.4) is 0 Å². The Morgan fingerprint density at radius 2 is 0.732 bits per heavy atom. The molecule has 0 amide bonds. The molecule has 13 rings (SSSR count). The van der Waals surface area contributed by atoms with Gasteiger partial charge in [0, 0.05) is 22.4 Å². The molecule has 3 aliphatic carbocycles. The normalized spacial score (nSPS) is 14.7. The van der Waals surface area contributed by atoms with Crippen molar-refractivity contribution < 1.29 is 0 Å². The predicted molar refractivity (Wildman–Crippen MR) is 300 cm³/mol. The van der Waals surface area contributed by atoms with Crippen molar-refractivity contribution >= 4 is 22.6 Å². The molecular weight excluding hydrogens is 855 g/mol. The molecule has 0 atom stereocenters. The van der Waals surface area contributed by atoms with Crippen molar-refractivity contribution in [2.75, 3.05) is 4.90 Å². The number of nitrogens with zero attached hydrogens (tertiary/aromatic N) is 1. The third-order valence-electron chi connectivity index (χ3n) is 15.7. The lowest BCUT2D eigenvalue weighted by Crippen LogP contribution is -2.26. The van der Waals surface area contributed by atoms with E-state index in [0.717, 1.165) is 39.3 Å². The molecule has 10 aromatic rings. The van der Waals surface area contributed by atoms with Crippen LogP contribution >= 0.6 is 0 Å². The summed E-state index contributed by atoms with van der Waals surface area (Å²) in [5.41, 5.74) is 26.8. The van der Waals surface area contributed by atoms with Crippen molar-refractivity contribution in [2.45, 2.75) is 24.7 Å². The molecule has 1 spiro atoms. The molecule has 10 aromatic carbocycles. The van der Waals surface area contributed by atoms with E-state index in [1.807, 2.05) is 6.08 Å². The maximum Gasteiger partial charge on any atom is 0.0726 e. The third kappa shape index (κ3) is 6.47. The fourth-order valence-electron chi connectivity index (χ4n) is 12.1. The molecule has 0 aliphatic heterocycles. The molecule has 336 valence electrons. The maximum absolute atomic E-state index is 4.65. The standard InChI is InChI=1S/C70H51N/c1-5-20-56-46(2)69(3,4)63-44-54(34-39-58(56)63)71(68-30-19-18-29-57(68)50-27-16-9-17-28-50)55-35-40-62-61-38-33-53(49-25-14-8-15-26-49)43-66(61)70(67(62)45-55)64-41-51(47-21-10-6-11-22-47)31-36-59(64)60-37-32-52(42-65(60)70)48-23-12-7-13-24-48/h5-45H,1-2H2,3-4H3/b56-20+. The highest BCUT2D eigenvalue weighted by Gasteiger charge is 2.52. The second-order valence-corrected chi connectivity index (χ2v) is 19.7. The van der Waals surface area contributed by atoms with Crippen LogP contribution in [0.1, 0.15) is 47.2 Å². The van der Waals surface area contributed by atoms with Crippen LogP contribution in [0.2, 0.25) is 0 Å². The molecule has 0 bridgehead atoms. The second kappa shape index (κ2) is 16.4. The van der Waals surface area contributed by atoms with Gasteiger partial charge in [-0.05, 0) is 154 Å². The van der Waals surface area contributed by atoms with Crippen LogP contribution in [-0.2, 0) is 10.8 Å². The Hall–Kier alpha value is -8.78. The van der Waals surface area contributed by atoms with E-state index < -0.39 is 5.41 Å². The summed E-state index contributed by atoms with van der Waals surface area (Å²) in [6, 6.07) is 88.2. The van der Waals surface area contributed by atoms with Gasteiger partial charge in [-0.2, -0.15) is 0 Å². The van der Waals surface area contributed by atoms with Crippen molar-refractivity contribution in [3.8, 4) is 66.8 Å². The first-order valence-electron chi connectivity index (χ1n) is 24.7. The van der Waals surface area contributed by atoms with Gasteiger partial charge in [0.05, 0.1) is 11.1 Å². The topological polar surface area (TPSA) is 3.24 Å². The van der Waals surface area contributed by atoms with Gasteiger partial charge in [0.2, 0.25) is 0 Å². The van der Waals surface area contributed by atoms with E-state index in [1.54, 1.807) is 0 Å². The molecule has 0 fully saturated rings. The molecule has 71 heavy (non-hydrogen) atoms. The third-order valence-corrected chi connectivity index (χ3v) is 15.7. The van der Waals surface area contributed by atoms with Crippen molar-refractivity contribution in [3.63, 3.8) is 0 Å². The van der Waals surface area contributed by atoms with Gasteiger partial charge in [0.1, 0.15) is 0 Å². The van der Waals surface area contributed by atoms with Crippen LogP contribution in [0, 0.1) is 0 Å². The lowest BCUT2D eigenvalue weighted by Gasteiger charge is -2.33. The number of allylic oxidation sites excluding steroid dienone is 4. The molecule has 0 aromatic heterocycles. The number of hydrogen-bond acceptors (Lipinski definition) is 1. The fraction of sp³-hybridized carbons (Fsp3) is 0.0571. The van der Waals surface area contributed by atoms with Crippen LogP contribution in [0.15, 0.2) is 267 Å². The Balaban J connectivity index is 1.13. The summed E-state index contributed by atoms with van der Waals surface area (Å²) < 4.78 is 0. The zero-order valence-electron chi connectivity index (χ0n) is 40.0. The zero-order chi connectivity index (χ0) is 47.8. The molecule has 0 saturated carbocycles. The van der Waals surface area contributed by atoms with Crippen molar-refractivity contribution in [1.29, 1.82) is 0 Å². The van der Waals surface area contributed by atoms with Gasteiger partial charge >= 0.3 is 0 Å². The van der Waals surface area contributed by atoms with Gasteiger partial charge in [-0.3, -0.25) is 0 Å². The Morgan fingerprint density at radius 1 is 0.352 bits per heavy atom. The van der Waals surface area contributed by atoms with E-state index in [4.69, 9.17) is 0 Å². The first-order valence-corrected chi connectivity index (χ1v) is 24.7. The Bertz CT molecular complexity index is 3640. The van der Waals surface area contributed by atoms with E-state index in [-0.39, 0.29) is 5.41 Å². The van der Waals surface area contributed by atoms with E-state index in [1.165, 1.54) is 89.0 Å². The minimum Gasteiger partial charge on any atom is -0.310 e. The summed E-state index contributed by atoms with van der Waals surface area (Å²) in [5.74, 6) is 0. The van der Waals surface area contributed by atoms with E-state index in [9.17, 15) is 0 Å². The summed E-state index contributed by atoms with van der Waals surface area (Å²) >= 11 is 0. The van der Waals surface area contributed by atoms with E-state index in [0.29, 0.717) is 0 Å². The zero-order valence-corrected chi connectivity index (χ0v) is 40.0. The minimum atomic E-state index is -0.668. The summed E-state index contributed by atoms with van der Waals surface area (Å²) in [4.78, 5) is 2.50. The molecule has 0 N–H and O–H groups in total. The van der Waals surface area contributed by atoms with Crippen LogP contribution in [0.25, 0.3) is 72.3 Å². The fourth-order valence-corrected chi connectivity index (χ4v) is 12.1. The first-order chi connectivity index (χ1) is 34.8. The van der Waals surface area contributed by atoms with E-state index in [2.05, 4.69) is 275 Å². The molecular formula is C70H51N. The summed E-state index contributed by atoms with van der Waals surface area (Å²) in [6.45, 7) is 13.3. The average Bonchev–Trinajstić information content (AvgIpc) is 3.96. The molecule has 0 heterocycles. The number of para-hydroxylation sites is 1. The van der Waals surface area contributed by atoms with Crippen LogP contribution in [-0.4, -0.2) is 0 Å². The lowest BCUT2D eigenvalue weighted by atomic mass is 9.69. The number of hydrogen-bond donors (Lipinski definition) is 0. The lowest BCUT2D eigenvalue weighted by molar-refractivity contribution is 0.663. The van der Waals surface area contributed by atoms with Crippen LogP contribution in [0.4, 0.5) is 17.1 Å². The quantitative estimate of drug-likeness (QED) is 0.147. The molecule has 1 nitrogen and oxygen atoms in total. The highest BCUT2D eigenvalue weighted by Crippen LogP contribution is 2.65. The highest BCUT2D eigenvalue weighted by molar-refractivity contribution is 6.00. The Morgan fingerprint density at radius 3 is 1.20 bits per heavy atom. The summed E-state index contributed by atoms with van der Waals surface area (Å²) in [6.07, 6.45) is 4.00. The monoisotopic (exact) mass is 905 g/mol. The van der Waals surface area contributed by atoms with Crippen molar-refractivity contribution in [1.82, 2.24) is 0 Å². The first kappa shape index (κ1) is 42.3. The van der Waals surface area contributed by atoms with Gasteiger partial charge in [0.25, 0.3) is 0 Å². The van der Waals surface area contributed by atoms with Gasteiger partial charge in [-0.25, -0.2) is 0 Å². The second-order valence-electron chi connectivity index (χ2n) is 19.7. The van der Waals surface area contributed by atoms with Crippen molar-refractivity contribution in [3.05, 3.63) is 301 Å². The van der Waals surface area contributed by atoms with Crippen molar-refractivity contribution in [2.24, 2.45) is 0 Å². The molecule has 3 aliphatic rings. The SMILES string of the molecule is C=C/C=C1\C(=C)C(C)(C)c2cc(N(c3ccc4c(c3)C3(c5cc(-c6ccccc6)ccc5-c5ccc(-c6ccccc6)cc53)c3cc(-c5ccccc5)ccc3-4)c3ccccc3-c3ccccc3)ccc21. The molecule has 0 radical (unpaired) electrons. The number of benzene rings is 10. The van der Waals surface area contributed by atoms with Gasteiger partial charge in [-0.15, -0.1) is 0 Å². The highest BCUT2D eigenvalue weighted by atomic mass is 15.1. The smallest absolute Gasteiger partial charge is 0.0726 e. The number of fused-ring (bicyclic) bond motifs is 11. The Kier molecular flexibility index (Phi) is 9.80. The number of rotatable bonds is 8. The largest absolute Gasteiger partial charge is 0.310 e. The molecule has 0 unspecified atom stereocenters. The van der Waals surface area contributed by atoms with Gasteiger partial charge in [0.15, 0.2) is 0 Å². The van der Waals surface area contributed by atoms with Gasteiger partial charge in [-0.1, -0.05) is 227 Å².